The van der Waals surface area contributed by atoms with Crippen LogP contribution in [0.25, 0.3) is 5.57 Å². The van der Waals surface area contributed by atoms with Crippen LogP contribution in [0.15, 0.2) is 79.4 Å². The Morgan fingerprint density at radius 2 is 1.09 bits per heavy atom. The largest absolute Gasteiger partial charge is 0.456 e. The number of aromatic amines is 2. The molecular formula is C28H26N2O4. The minimum atomic E-state index is -0.437. The van der Waals surface area contributed by atoms with Gasteiger partial charge >= 0.3 is 11.9 Å². The van der Waals surface area contributed by atoms with Crippen LogP contribution in [0.2, 0.25) is 0 Å². The standard InChI is InChI=1S/C28H26N2O4/c1-18-14-23(29-25(18)27(31)33-16-21-10-6-4-7-11-21)20(3)24-15-19(2)26(30-24)28(32)34-17-22-12-8-5-9-13-22/h4-15,29-30H,3,16-17H2,1-2H3. The normalized spacial score (nSPS) is 10.6. The van der Waals surface area contributed by atoms with Crippen LogP contribution in [-0.4, -0.2) is 21.9 Å². The molecule has 0 aliphatic carbocycles. The Hall–Kier alpha value is -4.32. The first-order chi connectivity index (χ1) is 16.4. The zero-order chi connectivity index (χ0) is 24.1. The third-order valence-electron chi connectivity index (χ3n) is 5.51. The van der Waals surface area contributed by atoms with Gasteiger partial charge in [0, 0.05) is 17.0 Å². The van der Waals surface area contributed by atoms with Gasteiger partial charge in [0.2, 0.25) is 0 Å². The molecule has 172 valence electrons. The zero-order valence-electron chi connectivity index (χ0n) is 19.2. The van der Waals surface area contributed by atoms with Crippen molar-refractivity contribution < 1.29 is 19.1 Å². The van der Waals surface area contributed by atoms with Crippen LogP contribution < -0.4 is 0 Å². The van der Waals surface area contributed by atoms with Crippen LogP contribution in [0.5, 0.6) is 0 Å². The highest BCUT2D eigenvalue weighted by Crippen LogP contribution is 2.25. The molecular weight excluding hydrogens is 428 g/mol. The molecule has 0 radical (unpaired) electrons. The van der Waals surface area contributed by atoms with Crippen LogP contribution in [-0.2, 0) is 22.7 Å². The van der Waals surface area contributed by atoms with Gasteiger partial charge in [0.15, 0.2) is 0 Å². The number of hydrogen-bond donors (Lipinski definition) is 2. The van der Waals surface area contributed by atoms with Crippen molar-refractivity contribution in [2.45, 2.75) is 27.1 Å². The van der Waals surface area contributed by atoms with E-state index < -0.39 is 11.9 Å². The second kappa shape index (κ2) is 10.1. The number of ether oxygens (including phenoxy) is 2. The van der Waals surface area contributed by atoms with Crippen molar-refractivity contribution in [2.75, 3.05) is 0 Å². The topological polar surface area (TPSA) is 84.2 Å². The third-order valence-corrected chi connectivity index (χ3v) is 5.51. The molecule has 0 spiro atoms. The number of rotatable bonds is 8. The highest BCUT2D eigenvalue weighted by Gasteiger charge is 2.20. The van der Waals surface area contributed by atoms with E-state index in [1.165, 1.54) is 0 Å². The highest BCUT2D eigenvalue weighted by molar-refractivity contribution is 5.92. The van der Waals surface area contributed by atoms with Gasteiger partial charge in [-0.2, -0.15) is 0 Å². The molecule has 0 saturated heterocycles. The van der Waals surface area contributed by atoms with Gasteiger partial charge in [-0.1, -0.05) is 67.2 Å². The predicted octanol–water partition coefficient (Wildman–Crippen LogP) is 5.74. The quantitative estimate of drug-likeness (QED) is 0.333. The molecule has 0 aliphatic rings. The summed E-state index contributed by atoms with van der Waals surface area (Å²) in [6.45, 7) is 8.19. The molecule has 0 aliphatic heterocycles. The number of hydrogen-bond acceptors (Lipinski definition) is 4. The van der Waals surface area contributed by atoms with Gasteiger partial charge in [-0.3, -0.25) is 0 Å². The van der Waals surface area contributed by atoms with Crippen molar-refractivity contribution in [2.24, 2.45) is 0 Å². The Bertz CT molecular complexity index is 1220. The molecule has 0 amide bonds. The van der Waals surface area contributed by atoms with Crippen LogP contribution in [0.1, 0.15) is 54.6 Å². The molecule has 2 N–H and O–H groups in total. The van der Waals surface area contributed by atoms with Gasteiger partial charge in [-0.15, -0.1) is 0 Å². The van der Waals surface area contributed by atoms with Gasteiger partial charge in [0.1, 0.15) is 24.6 Å². The van der Waals surface area contributed by atoms with Crippen LogP contribution >= 0.6 is 0 Å². The van der Waals surface area contributed by atoms with E-state index in [9.17, 15) is 9.59 Å². The molecule has 0 unspecified atom stereocenters. The van der Waals surface area contributed by atoms with Gasteiger partial charge in [-0.05, 0) is 48.2 Å². The van der Waals surface area contributed by atoms with E-state index in [1.54, 1.807) is 0 Å². The average Bonchev–Trinajstić information content (AvgIpc) is 3.44. The monoisotopic (exact) mass is 454 g/mol. The van der Waals surface area contributed by atoms with Crippen molar-refractivity contribution in [3.05, 3.63) is 124 Å². The van der Waals surface area contributed by atoms with Crippen LogP contribution in [0.4, 0.5) is 0 Å². The summed E-state index contributed by atoms with van der Waals surface area (Å²) >= 11 is 0. The number of aromatic nitrogens is 2. The maximum atomic E-state index is 12.6. The lowest BCUT2D eigenvalue weighted by molar-refractivity contribution is 0.0457. The Labute approximate surface area is 198 Å². The number of carbonyl (C=O) groups excluding carboxylic acids is 2. The summed E-state index contributed by atoms with van der Waals surface area (Å²) < 4.78 is 10.9. The van der Waals surface area contributed by atoms with Crippen LogP contribution in [0.3, 0.4) is 0 Å². The Morgan fingerprint density at radius 1 is 0.706 bits per heavy atom. The van der Waals surface area contributed by atoms with Gasteiger partial charge in [0.05, 0.1) is 0 Å². The third kappa shape index (κ3) is 5.18. The number of nitrogens with one attached hydrogen (secondary N) is 2. The summed E-state index contributed by atoms with van der Waals surface area (Å²) in [6.07, 6.45) is 0. The SMILES string of the molecule is C=C(c1cc(C)c(C(=O)OCc2ccccc2)[nH]1)c1cc(C)c(C(=O)OCc2ccccc2)[nH]1. The lowest BCUT2D eigenvalue weighted by Gasteiger charge is -2.05. The fourth-order valence-corrected chi connectivity index (χ4v) is 3.60. The maximum absolute atomic E-state index is 12.6. The van der Waals surface area contributed by atoms with Crippen molar-refractivity contribution in [3.63, 3.8) is 0 Å². The van der Waals surface area contributed by atoms with Gasteiger partial charge < -0.3 is 19.4 Å². The first-order valence-electron chi connectivity index (χ1n) is 10.9. The summed E-state index contributed by atoms with van der Waals surface area (Å²) in [5.41, 5.74) is 6.02. The summed E-state index contributed by atoms with van der Waals surface area (Å²) in [4.78, 5) is 31.4. The number of H-pyrrole nitrogens is 2. The molecule has 0 bridgehead atoms. The summed E-state index contributed by atoms with van der Waals surface area (Å²) in [7, 11) is 0. The minimum Gasteiger partial charge on any atom is -0.456 e. The Kier molecular flexibility index (Phi) is 6.78. The van der Waals surface area contributed by atoms with E-state index in [4.69, 9.17) is 9.47 Å². The maximum Gasteiger partial charge on any atom is 0.355 e. The molecule has 0 fully saturated rings. The summed E-state index contributed by atoms with van der Waals surface area (Å²) in [6, 6.07) is 22.7. The van der Waals surface area contributed by atoms with E-state index >= 15 is 0 Å². The zero-order valence-corrected chi connectivity index (χ0v) is 19.2. The molecule has 4 rings (SSSR count). The number of carbonyl (C=O) groups is 2. The first kappa shape index (κ1) is 22.9. The molecule has 2 aromatic carbocycles. The second-order valence-corrected chi connectivity index (χ2v) is 8.08. The van der Waals surface area contributed by atoms with E-state index in [0.29, 0.717) is 28.3 Å². The smallest absolute Gasteiger partial charge is 0.355 e. The van der Waals surface area contributed by atoms with Crippen LogP contribution in [0, 0.1) is 13.8 Å². The molecule has 34 heavy (non-hydrogen) atoms. The van der Waals surface area contributed by atoms with Crippen molar-refractivity contribution >= 4 is 17.5 Å². The molecule has 2 aromatic heterocycles. The molecule has 4 aromatic rings. The minimum absolute atomic E-state index is 0.193. The number of esters is 2. The Morgan fingerprint density at radius 3 is 1.47 bits per heavy atom. The van der Waals surface area contributed by atoms with E-state index in [2.05, 4.69) is 16.5 Å². The molecule has 6 nitrogen and oxygen atoms in total. The molecule has 0 atom stereocenters. The predicted molar refractivity (Wildman–Crippen MR) is 130 cm³/mol. The fraction of sp³-hybridized carbons (Fsp3) is 0.143. The van der Waals surface area contributed by atoms with Crippen molar-refractivity contribution in [3.8, 4) is 0 Å². The van der Waals surface area contributed by atoms with E-state index in [0.717, 1.165) is 22.3 Å². The second-order valence-electron chi connectivity index (χ2n) is 8.08. The fourth-order valence-electron chi connectivity index (χ4n) is 3.60. The number of aryl methyl sites for hydroxylation is 2. The molecule has 6 heteroatoms. The average molecular weight is 455 g/mol. The molecule has 0 saturated carbocycles. The summed E-state index contributed by atoms with van der Waals surface area (Å²) in [5, 5.41) is 0. The number of benzene rings is 2. The van der Waals surface area contributed by atoms with Crippen molar-refractivity contribution in [1.82, 2.24) is 9.97 Å². The van der Waals surface area contributed by atoms with Gasteiger partial charge in [-0.25, -0.2) is 9.59 Å². The first-order valence-corrected chi connectivity index (χ1v) is 10.9. The lowest BCUT2D eigenvalue weighted by Crippen LogP contribution is -2.07. The van der Waals surface area contributed by atoms with E-state index in [-0.39, 0.29) is 13.2 Å². The van der Waals surface area contributed by atoms with Gasteiger partial charge in [0.25, 0.3) is 0 Å². The van der Waals surface area contributed by atoms with E-state index in [1.807, 2.05) is 86.6 Å². The van der Waals surface area contributed by atoms with Crippen molar-refractivity contribution in [1.29, 1.82) is 0 Å². The summed E-state index contributed by atoms with van der Waals surface area (Å²) in [5.74, 6) is -0.874. The molecule has 2 heterocycles. The highest BCUT2D eigenvalue weighted by atomic mass is 16.5. The lowest BCUT2D eigenvalue weighted by atomic mass is 10.1. The Balaban J connectivity index is 1.44.